The summed E-state index contributed by atoms with van der Waals surface area (Å²) in [4.78, 5) is 4.55. The van der Waals surface area contributed by atoms with E-state index in [4.69, 9.17) is 5.26 Å². The van der Waals surface area contributed by atoms with Crippen LogP contribution in [-0.2, 0) is 4.89 Å². The van der Waals surface area contributed by atoms with Gasteiger partial charge in [-0.25, -0.2) is 4.89 Å². The Morgan fingerprint density at radius 3 is 2.43 bits per heavy atom. The Bertz CT molecular complexity index is 246. The van der Waals surface area contributed by atoms with E-state index in [0.29, 0.717) is 12.5 Å². The molecule has 0 aromatic rings. The first-order valence-corrected chi connectivity index (χ1v) is 11.4. The van der Waals surface area contributed by atoms with E-state index in [1.54, 1.807) is 0 Å². The van der Waals surface area contributed by atoms with Crippen LogP contribution in [0.15, 0.2) is 0 Å². The first-order chi connectivity index (χ1) is 11.4. The largest absolute Gasteiger partial charge is 0.317 e. The molecule has 1 rings (SSSR count). The number of hydrogen-bond donors (Lipinski definition) is 2. The zero-order chi connectivity index (χ0) is 16.6. The molecule has 1 aliphatic heterocycles. The quantitative estimate of drug-likeness (QED) is 0.202. The molecule has 4 heteroatoms. The molecule has 0 saturated carbocycles. The zero-order valence-corrected chi connectivity index (χ0v) is 16.3. The van der Waals surface area contributed by atoms with Gasteiger partial charge in [-0.05, 0) is 50.1 Å². The molecule has 0 aliphatic carbocycles. The molecule has 138 valence electrons. The van der Waals surface area contributed by atoms with Crippen molar-refractivity contribution in [1.82, 2.24) is 5.32 Å². The smallest absolute Gasteiger partial charge is 0.0853 e. The molecule has 0 radical (unpaired) electrons. The van der Waals surface area contributed by atoms with Crippen molar-refractivity contribution < 1.29 is 10.1 Å². The Morgan fingerprint density at radius 2 is 1.74 bits per heavy atom. The molecule has 0 bridgehead atoms. The maximum atomic E-state index is 8.92. The van der Waals surface area contributed by atoms with Gasteiger partial charge in [0.2, 0.25) is 0 Å². The van der Waals surface area contributed by atoms with Crippen molar-refractivity contribution in [2.75, 3.05) is 25.9 Å². The van der Waals surface area contributed by atoms with Crippen molar-refractivity contribution in [2.24, 2.45) is 5.92 Å². The number of unbranched alkanes of at least 4 members (excludes halogenated alkanes) is 8. The van der Waals surface area contributed by atoms with Crippen LogP contribution in [0.3, 0.4) is 0 Å². The number of hydrogen-bond acceptors (Lipinski definition) is 3. The van der Waals surface area contributed by atoms with Gasteiger partial charge in [0.15, 0.2) is 0 Å². The Balaban J connectivity index is 2.09. The van der Waals surface area contributed by atoms with Crippen molar-refractivity contribution in [2.45, 2.75) is 89.6 Å². The molecule has 1 saturated heterocycles. The lowest BCUT2D eigenvalue weighted by atomic mass is 9.95. The second-order valence-electron chi connectivity index (χ2n) is 7.13. The molecule has 1 fully saturated rings. The van der Waals surface area contributed by atoms with E-state index in [1.807, 2.05) is 0 Å². The normalized spacial score (nSPS) is 21.9. The molecule has 1 aliphatic rings. The van der Waals surface area contributed by atoms with Gasteiger partial charge < -0.3 is 5.32 Å². The van der Waals surface area contributed by atoms with E-state index in [2.05, 4.69) is 17.1 Å². The van der Waals surface area contributed by atoms with Crippen molar-refractivity contribution in [3.8, 4) is 0 Å². The van der Waals surface area contributed by atoms with Crippen LogP contribution in [-0.4, -0.2) is 36.8 Å². The van der Waals surface area contributed by atoms with Crippen molar-refractivity contribution in [3.63, 3.8) is 0 Å². The van der Waals surface area contributed by atoms with Crippen LogP contribution < -0.4 is 5.32 Å². The molecule has 3 unspecified atom stereocenters. The van der Waals surface area contributed by atoms with Gasteiger partial charge in [-0.2, -0.15) is 0 Å². The minimum atomic E-state index is 0.536. The molecule has 0 aromatic heterocycles. The lowest BCUT2D eigenvalue weighted by molar-refractivity contribution is -0.251. The summed E-state index contributed by atoms with van der Waals surface area (Å²) in [6.07, 6.45) is 17.6. The third kappa shape index (κ3) is 11.5. The van der Waals surface area contributed by atoms with E-state index >= 15 is 0 Å². The summed E-state index contributed by atoms with van der Waals surface area (Å²) in [6.45, 7) is 5.13. The highest BCUT2D eigenvalue weighted by Crippen LogP contribution is 2.33. The van der Waals surface area contributed by atoms with Crippen LogP contribution in [0.1, 0.15) is 84.0 Å². The summed E-state index contributed by atoms with van der Waals surface area (Å²) in [5.41, 5.74) is 0.754. The van der Waals surface area contributed by atoms with Crippen LogP contribution in [0.4, 0.5) is 0 Å². The third-order valence-corrected chi connectivity index (χ3v) is 7.03. The van der Waals surface area contributed by atoms with Gasteiger partial charge in [-0.1, -0.05) is 64.7 Å². The fourth-order valence-electron chi connectivity index (χ4n) is 3.60. The molecule has 3 atom stereocenters. The van der Waals surface area contributed by atoms with Crippen LogP contribution in [0.5, 0.6) is 0 Å². The summed E-state index contributed by atoms with van der Waals surface area (Å²) in [6, 6.07) is 0. The Labute approximate surface area is 146 Å². The van der Waals surface area contributed by atoms with E-state index in [-0.39, 0.29) is 0 Å². The van der Waals surface area contributed by atoms with E-state index in [0.717, 1.165) is 20.8 Å². The van der Waals surface area contributed by atoms with Crippen molar-refractivity contribution in [1.29, 1.82) is 0 Å². The Morgan fingerprint density at radius 1 is 1.04 bits per heavy atom. The highest BCUT2D eigenvalue weighted by atomic mass is 31.1. The van der Waals surface area contributed by atoms with Gasteiger partial charge in [0.05, 0.1) is 6.61 Å². The van der Waals surface area contributed by atoms with Gasteiger partial charge in [-0.15, -0.1) is 8.58 Å². The Hall–Kier alpha value is 0.310. The second-order valence-corrected chi connectivity index (χ2v) is 8.78. The molecule has 0 amide bonds. The average molecular weight is 346 g/mol. The fraction of sp³-hybridized carbons (Fsp3) is 1.00. The minimum Gasteiger partial charge on any atom is -0.317 e. The molecule has 1 heterocycles. The van der Waals surface area contributed by atoms with E-state index in [1.165, 1.54) is 89.8 Å². The average Bonchev–Trinajstić information content (AvgIpc) is 2.52. The van der Waals surface area contributed by atoms with Gasteiger partial charge in [0.25, 0.3) is 0 Å². The summed E-state index contributed by atoms with van der Waals surface area (Å²) in [5, 5.41) is 12.4. The van der Waals surface area contributed by atoms with Gasteiger partial charge in [0.1, 0.15) is 0 Å². The molecule has 0 spiro atoms. The maximum Gasteiger partial charge on any atom is 0.0853 e. The summed E-state index contributed by atoms with van der Waals surface area (Å²) < 4.78 is 0. The lowest BCUT2D eigenvalue weighted by Gasteiger charge is -2.28. The first kappa shape index (κ1) is 21.4. The van der Waals surface area contributed by atoms with Gasteiger partial charge in [0, 0.05) is 0 Å². The SMILES string of the molecule is CCCCCCCCCCCC(COO)C1CCNCCCP1. The van der Waals surface area contributed by atoms with Gasteiger partial charge in [-0.3, -0.25) is 5.26 Å². The third-order valence-electron chi connectivity index (χ3n) is 5.11. The van der Waals surface area contributed by atoms with Crippen molar-refractivity contribution in [3.05, 3.63) is 0 Å². The van der Waals surface area contributed by atoms with E-state index < -0.39 is 0 Å². The zero-order valence-electron chi connectivity index (χ0n) is 15.3. The standard InChI is InChI=1S/C19H40NO2P/c1-2-3-4-5-6-7-8-9-10-12-18(17-22-21)19-13-15-20-14-11-16-23-19/h18-21,23H,2-17H2,1H3. The molecule has 23 heavy (non-hydrogen) atoms. The maximum absolute atomic E-state index is 8.92. The van der Waals surface area contributed by atoms with Gasteiger partial charge >= 0.3 is 0 Å². The predicted molar refractivity (Wildman–Crippen MR) is 103 cm³/mol. The summed E-state index contributed by atoms with van der Waals surface area (Å²) in [5.74, 6) is 0.558. The molecular weight excluding hydrogens is 305 g/mol. The van der Waals surface area contributed by atoms with Crippen LogP contribution >= 0.6 is 8.58 Å². The second kappa shape index (κ2) is 15.8. The van der Waals surface area contributed by atoms with Crippen LogP contribution in [0.2, 0.25) is 0 Å². The summed E-state index contributed by atoms with van der Waals surface area (Å²) in [7, 11) is 1.05. The molecule has 3 nitrogen and oxygen atoms in total. The number of rotatable bonds is 13. The monoisotopic (exact) mass is 345 g/mol. The van der Waals surface area contributed by atoms with Crippen molar-refractivity contribution >= 4 is 8.58 Å². The molecular formula is C19H40NO2P. The predicted octanol–water partition coefficient (Wildman–Crippen LogP) is 5.44. The Kier molecular flexibility index (Phi) is 14.7. The highest BCUT2D eigenvalue weighted by molar-refractivity contribution is 7.38. The molecule has 2 N–H and O–H groups in total. The first-order valence-electron chi connectivity index (χ1n) is 10.1. The minimum absolute atomic E-state index is 0.536. The van der Waals surface area contributed by atoms with E-state index in [9.17, 15) is 0 Å². The highest BCUT2D eigenvalue weighted by Gasteiger charge is 2.22. The summed E-state index contributed by atoms with van der Waals surface area (Å²) >= 11 is 0. The van der Waals surface area contributed by atoms with Crippen LogP contribution in [0.25, 0.3) is 0 Å². The number of nitrogens with one attached hydrogen (secondary N) is 1. The molecule has 0 aromatic carbocycles. The fourth-order valence-corrected chi connectivity index (χ4v) is 5.30. The topological polar surface area (TPSA) is 41.5 Å². The lowest BCUT2D eigenvalue weighted by Crippen LogP contribution is -2.29. The van der Waals surface area contributed by atoms with Crippen LogP contribution in [0, 0.1) is 5.92 Å².